The van der Waals surface area contributed by atoms with Crippen LogP contribution in [0.3, 0.4) is 0 Å². The molecule has 0 spiro atoms. The summed E-state index contributed by atoms with van der Waals surface area (Å²) in [5.41, 5.74) is 30.7. The molecule has 0 saturated heterocycles. The first-order chi connectivity index (χ1) is 48.7. The van der Waals surface area contributed by atoms with Crippen molar-refractivity contribution in [2.75, 3.05) is 9.80 Å². The highest BCUT2D eigenvalue weighted by molar-refractivity contribution is 7.26. The fourth-order valence-electron chi connectivity index (χ4n) is 16.3. The summed E-state index contributed by atoms with van der Waals surface area (Å²) in [4.78, 5) is 4.78. The number of benzene rings is 14. The van der Waals surface area contributed by atoms with Crippen molar-refractivity contribution in [2.45, 2.75) is 66.2 Å². The van der Waals surface area contributed by atoms with Crippen LogP contribution in [0.25, 0.3) is 129 Å². The normalized spacial score (nSPS) is 13.4. The molecule has 100 heavy (non-hydrogen) atoms. The van der Waals surface area contributed by atoms with E-state index in [2.05, 4.69) is 332 Å². The van der Waals surface area contributed by atoms with Gasteiger partial charge in [-0.2, -0.15) is 0 Å². The molecule has 0 atom stereocenters. The largest absolute Gasteiger partial charge is 0.456 e. The lowest BCUT2D eigenvalue weighted by Crippen LogP contribution is -2.16. The van der Waals surface area contributed by atoms with E-state index in [0.717, 1.165) is 61.1 Å². The highest BCUT2D eigenvalue weighted by Gasteiger charge is 2.38. The van der Waals surface area contributed by atoms with Crippen LogP contribution in [0.2, 0.25) is 0 Å². The zero-order valence-corrected chi connectivity index (χ0v) is 58.7. The van der Waals surface area contributed by atoms with Crippen molar-refractivity contribution in [3.63, 3.8) is 0 Å². The molecule has 0 aliphatic heterocycles. The third kappa shape index (κ3) is 9.52. The summed E-state index contributed by atoms with van der Waals surface area (Å²) in [6.07, 6.45) is 0. The molecule has 0 saturated carbocycles. The molecular formula is C94H70N2O2S2. The Morgan fingerprint density at radius 1 is 0.260 bits per heavy atom. The van der Waals surface area contributed by atoms with Crippen LogP contribution in [0.15, 0.2) is 288 Å². The minimum absolute atomic E-state index is 0.157. The lowest BCUT2D eigenvalue weighted by Gasteiger charge is -2.28. The van der Waals surface area contributed by atoms with Gasteiger partial charge in [0, 0.05) is 118 Å². The summed E-state index contributed by atoms with van der Waals surface area (Å²) in [6.45, 7) is 18.1. The summed E-state index contributed by atoms with van der Waals surface area (Å²) in [5.74, 6) is 0. The van der Waals surface area contributed by atoms with E-state index in [9.17, 15) is 0 Å². The number of nitrogens with zero attached hydrogens (tertiary/aromatic N) is 2. The first-order valence-corrected chi connectivity index (χ1v) is 36.3. The molecule has 0 radical (unpaired) electrons. The van der Waals surface area contributed by atoms with Gasteiger partial charge in [-0.3, -0.25) is 0 Å². The van der Waals surface area contributed by atoms with Gasteiger partial charge in [-0.1, -0.05) is 202 Å². The lowest BCUT2D eigenvalue weighted by molar-refractivity contribution is 0.660. The molecule has 20 rings (SSSR count). The molecule has 2 aliphatic rings. The number of aryl methyl sites for hydroxylation is 4. The SMILES string of the molecule is Cc1ccc(N(c2ccc3c(c2)C(C)(C)c2cc(-c4cccc5c4oc4ccc(C)cc45)ccc2-3)c2ccc3c(c2)oc2ccccc23)cc1.Cc1ccc(N(c2ccc3c(c2)C(C)(C)c2cc(-c4cccc5c4sc4ccc(C)cc45)ccc2-3)c2ccc3c(c2)sc2ccccc23)cc1. The van der Waals surface area contributed by atoms with Gasteiger partial charge in [-0.15, -0.1) is 22.7 Å². The molecule has 480 valence electrons. The number of hydrogen-bond acceptors (Lipinski definition) is 6. The van der Waals surface area contributed by atoms with Gasteiger partial charge in [0.05, 0.1) is 0 Å². The summed E-state index contributed by atoms with van der Waals surface area (Å²) in [5, 5.41) is 9.95. The van der Waals surface area contributed by atoms with Gasteiger partial charge in [0.25, 0.3) is 0 Å². The average Bonchev–Trinajstić information content (AvgIpc) is 1.58. The predicted octanol–water partition coefficient (Wildman–Crippen LogP) is 28.0. The predicted molar refractivity (Wildman–Crippen MR) is 428 cm³/mol. The minimum atomic E-state index is -0.211. The smallest absolute Gasteiger partial charge is 0.143 e. The average molecular weight is 1320 g/mol. The standard InChI is InChI=1S/C47H35NO2.C47H35NS2/c2*1-28-12-16-31(17-13-28)48(33-19-22-38-37-8-5-6-11-43(37)49-45(38)27-33)32-18-21-36-35-20-15-30(25-41(35)47(3,4)42(36)26-32)34-9-7-10-39-40-24-29(2)14-23-44(40)50-46(34)39/h2*5-27H,1-4H3. The van der Waals surface area contributed by atoms with E-state index in [4.69, 9.17) is 8.83 Å². The molecule has 18 aromatic rings. The number of thiophene rings is 2. The van der Waals surface area contributed by atoms with Crippen molar-refractivity contribution in [3.05, 3.63) is 324 Å². The van der Waals surface area contributed by atoms with Crippen molar-refractivity contribution in [1.29, 1.82) is 0 Å². The second kappa shape index (κ2) is 22.6. The summed E-state index contributed by atoms with van der Waals surface area (Å²) >= 11 is 3.78. The van der Waals surface area contributed by atoms with Crippen LogP contribution in [0.4, 0.5) is 34.1 Å². The Morgan fingerprint density at radius 3 is 1.37 bits per heavy atom. The highest BCUT2D eigenvalue weighted by Crippen LogP contribution is 2.55. The van der Waals surface area contributed by atoms with Crippen LogP contribution < -0.4 is 9.80 Å². The van der Waals surface area contributed by atoms with Crippen molar-refractivity contribution in [2.24, 2.45) is 0 Å². The molecule has 14 aromatic carbocycles. The van der Waals surface area contributed by atoms with E-state index in [1.165, 1.54) is 146 Å². The molecule has 0 N–H and O–H groups in total. The number of hydrogen-bond donors (Lipinski definition) is 0. The number of furan rings is 2. The molecule has 6 heteroatoms. The minimum Gasteiger partial charge on any atom is -0.456 e. The molecule has 2 aliphatic carbocycles. The van der Waals surface area contributed by atoms with Crippen LogP contribution in [0.5, 0.6) is 0 Å². The summed E-state index contributed by atoms with van der Waals surface area (Å²) in [6, 6.07) is 103. The quantitative estimate of drug-likeness (QED) is 0.152. The van der Waals surface area contributed by atoms with Crippen molar-refractivity contribution >= 4 is 141 Å². The van der Waals surface area contributed by atoms with Gasteiger partial charge in [-0.25, -0.2) is 0 Å². The molecule has 0 fully saturated rings. The zero-order valence-electron chi connectivity index (χ0n) is 57.1. The van der Waals surface area contributed by atoms with Gasteiger partial charge in [0.1, 0.15) is 22.3 Å². The van der Waals surface area contributed by atoms with E-state index < -0.39 is 0 Å². The van der Waals surface area contributed by atoms with Crippen LogP contribution >= 0.6 is 22.7 Å². The zero-order chi connectivity index (χ0) is 67.4. The highest BCUT2D eigenvalue weighted by atomic mass is 32.1. The van der Waals surface area contributed by atoms with Crippen LogP contribution in [0.1, 0.15) is 72.2 Å². The van der Waals surface area contributed by atoms with Crippen LogP contribution in [-0.2, 0) is 10.8 Å². The molecule has 4 aromatic heterocycles. The summed E-state index contributed by atoms with van der Waals surface area (Å²) in [7, 11) is 0. The molecule has 4 nitrogen and oxygen atoms in total. The first-order valence-electron chi connectivity index (χ1n) is 34.7. The van der Waals surface area contributed by atoms with E-state index >= 15 is 0 Å². The maximum Gasteiger partial charge on any atom is 0.143 e. The van der Waals surface area contributed by atoms with Gasteiger partial charge in [0.15, 0.2) is 0 Å². The van der Waals surface area contributed by atoms with Crippen LogP contribution in [0, 0.1) is 27.7 Å². The molecule has 0 unspecified atom stereocenters. The Kier molecular flexibility index (Phi) is 13.6. The fourth-order valence-corrected chi connectivity index (χ4v) is 18.7. The lowest BCUT2D eigenvalue weighted by atomic mass is 9.81. The van der Waals surface area contributed by atoms with Crippen molar-refractivity contribution < 1.29 is 8.83 Å². The fraction of sp³-hybridized carbons (Fsp3) is 0.106. The Bertz CT molecular complexity index is 6020. The van der Waals surface area contributed by atoms with Crippen molar-refractivity contribution in [1.82, 2.24) is 0 Å². The first kappa shape index (κ1) is 59.9. The van der Waals surface area contributed by atoms with E-state index in [-0.39, 0.29) is 10.8 Å². The van der Waals surface area contributed by atoms with Gasteiger partial charge in [0.2, 0.25) is 0 Å². The number of rotatable bonds is 8. The van der Waals surface area contributed by atoms with Gasteiger partial charge >= 0.3 is 0 Å². The topological polar surface area (TPSA) is 32.8 Å². The van der Waals surface area contributed by atoms with Crippen LogP contribution in [-0.4, -0.2) is 0 Å². The molecule has 0 amide bonds. The summed E-state index contributed by atoms with van der Waals surface area (Å²) < 4.78 is 18.2. The van der Waals surface area contributed by atoms with Gasteiger partial charge < -0.3 is 18.6 Å². The van der Waals surface area contributed by atoms with E-state index in [1.807, 2.05) is 34.8 Å². The maximum absolute atomic E-state index is 6.49. The van der Waals surface area contributed by atoms with Gasteiger partial charge in [-0.05, 0) is 210 Å². The van der Waals surface area contributed by atoms with Crippen molar-refractivity contribution in [3.8, 4) is 44.5 Å². The Labute approximate surface area is 589 Å². The molecule has 0 bridgehead atoms. The molecular weight excluding hydrogens is 1250 g/mol. The third-order valence-electron chi connectivity index (χ3n) is 21.6. The molecule has 4 heterocycles. The second-order valence-corrected chi connectivity index (χ2v) is 30.8. The Balaban J connectivity index is 0.000000139. The monoisotopic (exact) mass is 1320 g/mol. The second-order valence-electron chi connectivity index (χ2n) is 28.7. The Morgan fingerprint density at radius 2 is 0.710 bits per heavy atom. The van der Waals surface area contributed by atoms with E-state index in [1.54, 1.807) is 0 Å². The number of fused-ring (bicyclic) bond motifs is 18. The number of para-hydroxylation sites is 2. The Hall–Kier alpha value is -11.3. The van der Waals surface area contributed by atoms with E-state index in [0.29, 0.717) is 0 Å². The maximum atomic E-state index is 6.49. The number of anilines is 6. The third-order valence-corrected chi connectivity index (χ3v) is 23.9.